The van der Waals surface area contributed by atoms with E-state index in [-0.39, 0.29) is 0 Å². The van der Waals surface area contributed by atoms with Crippen LogP contribution in [0, 0.1) is 20.8 Å². The van der Waals surface area contributed by atoms with Gasteiger partial charge in [-0.3, -0.25) is 0 Å². The van der Waals surface area contributed by atoms with Crippen LogP contribution >= 0.6 is 0 Å². The second-order valence-corrected chi connectivity index (χ2v) is 6.01. The molecule has 0 aliphatic rings. The van der Waals surface area contributed by atoms with Gasteiger partial charge in [-0.2, -0.15) is 0 Å². The molecule has 0 radical (unpaired) electrons. The summed E-state index contributed by atoms with van der Waals surface area (Å²) in [6.45, 7) is 6.22. The van der Waals surface area contributed by atoms with Crippen molar-refractivity contribution in [3.05, 3.63) is 89.5 Å². The van der Waals surface area contributed by atoms with E-state index < -0.39 is 0 Å². The molecule has 0 spiro atoms. The van der Waals surface area contributed by atoms with Crippen molar-refractivity contribution in [3.8, 4) is 0 Å². The van der Waals surface area contributed by atoms with Gasteiger partial charge in [0.2, 0.25) is 0 Å². The van der Waals surface area contributed by atoms with Crippen molar-refractivity contribution in [3.63, 3.8) is 0 Å². The Labute approximate surface area is 143 Å². The van der Waals surface area contributed by atoms with Crippen LogP contribution in [0.1, 0.15) is 16.7 Å². The first kappa shape index (κ1) is 15.9. The Kier molecular flexibility index (Phi) is 4.71. The van der Waals surface area contributed by atoms with E-state index in [9.17, 15) is 0 Å². The average molecular weight is 315 g/mol. The molecule has 0 N–H and O–H groups in total. The first-order valence-electron chi connectivity index (χ1n) is 8.03. The third-order valence-electron chi connectivity index (χ3n) is 3.84. The van der Waals surface area contributed by atoms with Gasteiger partial charge in [-0.05, 0) is 57.2 Å². The molecule has 0 aromatic heterocycles. The fourth-order valence-corrected chi connectivity index (χ4v) is 2.33. The topological polar surface area (TPSA) is 28.0 Å². The maximum Gasteiger partial charge on any atom is 0.0874 e. The summed E-state index contributed by atoms with van der Waals surface area (Å²) in [5.41, 5.74) is 6.46. The molecule has 0 unspecified atom stereocenters. The fourth-order valence-electron chi connectivity index (χ4n) is 2.33. The molecule has 120 valence electrons. The van der Waals surface area contributed by atoms with E-state index in [1.165, 1.54) is 16.7 Å². The Balaban J connectivity index is 1.96. The zero-order valence-corrected chi connectivity index (χ0v) is 14.3. The van der Waals surface area contributed by atoms with Crippen LogP contribution in [-0.2, 0) is 0 Å². The van der Waals surface area contributed by atoms with Crippen LogP contribution in [0.3, 0.4) is 0 Å². The average Bonchev–Trinajstić information content (AvgIpc) is 2.59. The minimum absolute atomic E-state index is 0.838. The first-order chi connectivity index (χ1) is 11.6. The molecule has 0 fully saturated rings. The van der Waals surface area contributed by atoms with E-state index in [1.54, 1.807) is 0 Å². The van der Waals surface area contributed by atoms with Gasteiger partial charge in [0, 0.05) is 0 Å². The van der Waals surface area contributed by atoms with E-state index >= 15 is 0 Å². The molecular weight excluding hydrogens is 294 g/mol. The fraction of sp³-hybridized carbons (Fsp3) is 0.143. The molecule has 24 heavy (non-hydrogen) atoms. The van der Waals surface area contributed by atoms with Gasteiger partial charge in [0.05, 0.1) is 17.1 Å². The van der Waals surface area contributed by atoms with Crippen LogP contribution in [0.15, 0.2) is 83.1 Å². The lowest BCUT2D eigenvalue weighted by atomic mass is 10.2. The standard InChI is InChI=1S/C21H21N3/c1-16-4-10-19(11-5-16)22-23-24(20-12-6-17(2)7-13-20)21-14-8-18(3)9-15-21/h4-15H,1-3H3. The molecule has 3 nitrogen and oxygen atoms in total. The summed E-state index contributed by atoms with van der Waals surface area (Å²) in [6.07, 6.45) is 0. The van der Waals surface area contributed by atoms with Gasteiger partial charge in [0.15, 0.2) is 0 Å². The highest BCUT2D eigenvalue weighted by atomic mass is 15.5. The summed E-state index contributed by atoms with van der Waals surface area (Å²) < 4.78 is 0. The first-order valence-corrected chi connectivity index (χ1v) is 8.03. The Hall–Kier alpha value is -2.94. The van der Waals surface area contributed by atoms with Crippen molar-refractivity contribution >= 4 is 17.1 Å². The molecule has 0 atom stereocenters. The molecule has 3 heteroatoms. The Morgan fingerprint density at radius 1 is 0.542 bits per heavy atom. The molecular formula is C21H21N3. The molecule has 0 aliphatic carbocycles. The number of hydrogen-bond acceptors (Lipinski definition) is 2. The van der Waals surface area contributed by atoms with E-state index in [1.807, 2.05) is 29.3 Å². The van der Waals surface area contributed by atoms with Crippen LogP contribution in [-0.4, -0.2) is 0 Å². The largest absolute Gasteiger partial charge is 0.215 e. The molecule has 3 rings (SSSR count). The van der Waals surface area contributed by atoms with Gasteiger partial charge in [0.1, 0.15) is 0 Å². The van der Waals surface area contributed by atoms with Gasteiger partial charge in [-0.15, -0.1) is 5.11 Å². The summed E-state index contributed by atoms with van der Waals surface area (Å²) >= 11 is 0. The minimum Gasteiger partial charge on any atom is -0.215 e. The lowest BCUT2D eigenvalue weighted by molar-refractivity contribution is 0.972. The SMILES string of the molecule is Cc1ccc(N=NN(c2ccc(C)cc2)c2ccc(C)cc2)cc1. The number of nitrogens with zero attached hydrogens (tertiary/aromatic N) is 3. The molecule has 3 aromatic rings. The molecule has 0 saturated carbocycles. The second kappa shape index (κ2) is 7.09. The molecule has 0 saturated heterocycles. The van der Waals surface area contributed by atoms with Crippen LogP contribution in [0.2, 0.25) is 0 Å². The predicted molar refractivity (Wildman–Crippen MR) is 100 cm³/mol. The third-order valence-corrected chi connectivity index (χ3v) is 3.84. The Morgan fingerprint density at radius 3 is 1.33 bits per heavy atom. The van der Waals surface area contributed by atoms with Crippen molar-refractivity contribution < 1.29 is 0 Å². The molecule has 0 amide bonds. The second-order valence-electron chi connectivity index (χ2n) is 6.01. The summed E-state index contributed by atoms with van der Waals surface area (Å²) in [6, 6.07) is 24.6. The smallest absolute Gasteiger partial charge is 0.0874 e. The minimum atomic E-state index is 0.838. The predicted octanol–water partition coefficient (Wildman–Crippen LogP) is 6.45. The number of rotatable bonds is 4. The van der Waals surface area contributed by atoms with Crippen LogP contribution in [0.4, 0.5) is 17.1 Å². The van der Waals surface area contributed by atoms with Crippen LogP contribution in [0.25, 0.3) is 0 Å². The quantitative estimate of drug-likeness (QED) is 0.401. The van der Waals surface area contributed by atoms with E-state index in [4.69, 9.17) is 0 Å². The molecule has 3 aromatic carbocycles. The third kappa shape index (κ3) is 3.87. The molecule has 0 aliphatic heterocycles. The van der Waals surface area contributed by atoms with E-state index in [0.29, 0.717) is 0 Å². The van der Waals surface area contributed by atoms with E-state index in [0.717, 1.165) is 17.1 Å². The van der Waals surface area contributed by atoms with Gasteiger partial charge in [-0.25, -0.2) is 5.01 Å². The number of benzene rings is 3. The Bertz CT molecular complexity index is 771. The highest BCUT2D eigenvalue weighted by molar-refractivity contribution is 5.62. The Morgan fingerprint density at radius 2 is 0.917 bits per heavy atom. The lowest BCUT2D eigenvalue weighted by Crippen LogP contribution is -2.07. The van der Waals surface area contributed by atoms with Gasteiger partial charge < -0.3 is 0 Å². The van der Waals surface area contributed by atoms with Crippen molar-refractivity contribution in [1.29, 1.82) is 0 Å². The molecule has 0 heterocycles. The van der Waals surface area contributed by atoms with Crippen molar-refractivity contribution in [2.24, 2.45) is 10.3 Å². The zero-order valence-electron chi connectivity index (χ0n) is 14.3. The summed E-state index contributed by atoms with van der Waals surface area (Å²) in [5.74, 6) is 0. The van der Waals surface area contributed by atoms with Gasteiger partial charge in [-0.1, -0.05) is 58.3 Å². The summed E-state index contributed by atoms with van der Waals surface area (Å²) in [5, 5.41) is 10.7. The van der Waals surface area contributed by atoms with Crippen molar-refractivity contribution in [2.75, 3.05) is 5.01 Å². The highest BCUT2D eigenvalue weighted by Crippen LogP contribution is 2.27. The van der Waals surface area contributed by atoms with Crippen molar-refractivity contribution in [2.45, 2.75) is 20.8 Å². The number of aryl methyl sites for hydroxylation is 3. The normalized spacial score (nSPS) is 11.0. The van der Waals surface area contributed by atoms with Crippen LogP contribution in [0.5, 0.6) is 0 Å². The number of anilines is 2. The summed E-state index contributed by atoms with van der Waals surface area (Å²) in [4.78, 5) is 0. The van der Waals surface area contributed by atoms with Crippen LogP contribution < -0.4 is 5.01 Å². The van der Waals surface area contributed by atoms with Gasteiger partial charge >= 0.3 is 0 Å². The molecule has 0 bridgehead atoms. The maximum atomic E-state index is 4.48. The maximum absolute atomic E-state index is 4.48. The monoisotopic (exact) mass is 315 g/mol. The van der Waals surface area contributed by atoms with Gasteiger partial charge in [0.25, 0.3) is 0 Å². The van der Waals surface area contributed by atoms with Crippen molar-refractivity contribution in [1.82, 2.24) is 0 Å². The highest BCUT2D eigenvalue weighted by Gasteiger charge is 2.08. The zero-order chi connectivity index (χ0) is 16.9. The van der Waals surface area contributed by atoms with E-state index in [2.05, 4.69) is 79.6 Å². The number of hydrogen-bond donors (Lipinski definition) is 0. The lowest BCUT2D eigenvalue weighted by Gasteiger charge is -2.18. The summed E-state index contributed by atoms with van der Waals surface area (Å²) in [7, 11) is 0.